The summed E-state index contributed by atoms with van der Waals surface area (Å²) in [5.41, 5.74) is 2.90. The summed E-state index contributed by atoms with van der Waals surface area (Å²) in [6.07, 6.45) is 0. The molecule has 0 amide bonds. The van der Waals surface area contributed by atoms with E-state index in [2.05, 4.69) is 50.4 Å². The van der Waals surface area contributed by atoms with Crippen LogP contribution in [0.2, 0.25) is 0 Å². The van der Waals surface area contributed by atoms with E-state index in [1.54, 1.807) is 0 Å². The molecule has 0 saturated carbocycles. The van der Waals surface area contributed by atoms with E-state index >= 15 is 0 Å². The van der Waals surface area contributed by atoms with Crippen LogP contribution in [0, 0.1) is 0 Å². The number of benzene rings is 2. The van der Waals surface area contributed by atoms with Crippen molar-refractivity contribution in [2.45, 2.75) is 19.9 Å². The summed E-state index contributed by atoms with van der Waals surface area (Å²) in [5.74, 6) is 1.36. The normalized spacial score (nSPS) is 10.7. The standard InChI is InChI=1S/C19H19BrN4/c1-13(2)21-19-23-17(14-8-4-3-5-9-14)12-18(24-19)22-16-11-7-6-10-15(16)20/h3-13H,1-2H3,(H2,21,22,23,24). The van der Waals surface area contributed by atoms with Crippen LogP contribution in [0.1, 0.15) is 13.8 Å². The molecule has 3 aromatic rings. The van der Waals surface area contributed by atoms with E-state index in [1.807, 2.05) is 60.7 Å². The maximum absolute atomic E-state index is 4.63. The Balaban J connectivity index is 2.00. The number of anilines is 3. The minimum Gasteiger partial charge on any atom is -0.352 e. The Morgan fingerprint density at radius 1 is 0.917 bits per heavy atom. The molecular weight excluding hydrogens is 364 g/mol. The Kier molecular flexibility index (Phi) is 5.11. The summed E-state index contributed by atoms with van der Waals surface area (Å²) in [6.45, 7) is 4.14. The predicted molar refractivity (Wildman–Crippen MR) is 104 cm³/mol. The fourth-order valence-corrected chi connectivity index (χ4v) is 2.68. The van der Waals surface area contributed by atoms with Crippen molar-refractivity contribution < 1.29 is 0 Å². The zero-order chi connectivity index (χ0) is 16.9. The maximum atomic E-state index is 4.63. The van der Waals surface area contributed by atoms with Crippen LogP contribution in [0.3, 0.4) is 0 Å². The molecule has 0 bridgehead atoms. The molecule has 24 heavy (non-hydrogen) atoms. The fourth-order valence-electron chi connectivity index (χ4n) is 2.29. The van der Waals surface area contributed by atoms with Gasteiger partial charge in [0.15, 0.2) is 0 Å². The SMILES string of the molecule is CC(C)Nc1nc(Nc2ccccc2Br)cc(-c2ccccc2)n1. The summed E-state index contributed by atoms with van der Waals surface area (Å²) >= 11 is 3.55. The van der Waals surface area contributed by atoms with Crippen LogP contribution in [-0.4, -0.2) is 16.0 Å². The van der Waals surface area contributed by atoms with Crippen LogP contribution in [0.4, 0.5) is 17.5 Å². The molecule has 0 saturated heterocycles. The molecule has 2 N–H and O–H groups in total. The third-order valence-electron chi connectivity index (χ3n) is 3.35. The lowest BCUT2D eigenvalue weighted by Gasteiger charge is -2.13. The molecule has 0 aliphatic carbocycles. The van der Waals surface area contributed by atoms with Gasteiger partial charge in [-0.05, 0) is 41.9 Å². The van der Waals surface area contributed by atoms with Gasteiger partial charge >= 0.3 is 0 Å². The Morgan fingerprint density at radius 2 is 1.62 bits per heavy atom. The molecule has 0 atom stereocenters. The van der Waals surface area contributed by atoms with Crippen LogP contribution >= 0.6 is 15.9 Å². The summed E-state index contributed by atoms with van der Waals surface area (Å²) in [7, 11) is 0. The van der Waals surface area contributed by atoms with Crippen LogP contribution in [0.25, 0.3) is 11.3 Å². The van der Waals surface area contributed by atoms with E-state index in [9.17, 15) is 0 Å². The first-order valence-corrected chi connectivity index (χ1v) is 8.64. The second-order valence-corrected chi connectivity index (χ2v) is 6.59. The topological polar surface area (TPSA) is 49.8 Å². The maximum Gasteiger partial charge on any atom is 0.225 e. The first-order valence-electron chi connectivity index (χ1n) is 7.84. The number of nitrogens with zero attached hydrogens (tertiary/aromatic N) is 2. The molecule has 1 aromatic heterocycles. The van der Waals surface area contributed by atoms with Gasteiger partial charge in [0.25, 0.3) is 0 Å². The molecule has 0 aliphatic heterocycles. The van der Waals surface area contributed by atoms with Gasteiger partial charge in [0.05, 0.1) is 11.4 Å². The Hall–Kier alpha value is -2.40. The van der Waals surface area contributed by atoms with Gasteiger partial charge in [-0.2, -0.15) is 4.98 Å². The van der Waals surface area contributed by atoms with Gasteiger partial charge in [0.1, 0.15) is 5.82 Å². The zero-order valence-corrected chi connectivity index (χ0v) is 15.2. The molecule has 0 spiro atoms. The van der Waals surface area contributed by atoms with Crippen molar-refractivity contribution in [3.8, 4) is 11.3 Å². The lowest BCUT2D eigenvalue weighted by atomic mass is 10.1. The van der Waals surface area contributed by atoms with Crippen LogP contribution in [0.5, 0.6) is 0 Å². The molecule has 122 valence electrons. The van der Waals surface area contributed by atoms with E-state index in [-0.39, 0.29) is 6.04 Å². The van der Waals surface area contributed by atoms with Crippen molar-refractivity contribution in [1.29, 1.82) is 0 Å². The molecule has 3 rings (SSSR count). The largest absolute Gasteiger partial charge is 0.352 e. The van der Waals surface area contributed by atoms with Gasteiger partial charge in [-0.15, -0.1) is 0 Å². The number of hydrogen-bond acceptors (Lipinski definition) is 4. The van der Waals surface area contributed by atoms with Crippen LogP contribution in [-0.2, 0) is 0 Å². The molecule has 4 nitrogen and oxygen atoms in total. The predicted octanol–water partition coefficient (Wildman–Crippen LogP) is 5.47. The molecular formula is C19H19BrN4. The number of rotatable bonds is 5. The average Bonchev–Trinajstić information content (AvgIpc) is 2.57. The van der Waals surface area contributed by atoms with Gasteiger partial charge < -0.3 is 10.6 Å². The van der Waals surface area contributed by atoms with E-state index < -0.39 is 0 Å². The number of aromatic nitrogens is 2. The third-order valence-corrected chi connectivity index (χ3v) is 4.04. The Bertz CT molecular complexity index is 819. The second kappa shape index (κ2) is 7.45. The van der Waals surface area contributed by atoms with Gasteiger partial charge in [-0.3, -0.25) is 0 Å². The summed E-state index contributed by atoms with van der Waals surface area (Å²) in [6, 6.07) is 20.3. The van der Waals surface area contributed by atoms with Crippen molar-refractivity contribution in [2.24, 2.45) is 0 Å². The molecule has 0 unspecified atom stereocenters. The van der Waals surface area contributed by atoms with Gasteiger partial charge in [0.2, 0.25) is 5.95 Å². The minimum atomic E-state index is 0.257. The van der Waals surface area contributed by atoms with Crippen LogP contribution in [0.15, 0.2) is 65.1 Å². The van der Waals surface area contributed by atoms with Crippen LogP contribution < -0.4 is 10.6 Å². The number of para-hydroxylation sites is 1. The van der Waals surface area contributed by atoms with Gasteiger partial charge in [-0.25, -0.2) is 4.98 Å². The second-order valence-electron chi connectivity index (χ2n) is 5.73. The lowest BCUT2D eigenvalue weighted by Crippen LogP contribution is -2.13. The summed E-state index contributed by atoms with van der Waals surface area (Å²) < 4.78 is 0.989. The highest BCUT2D eigenvalue weighted by Gasteiger charge is 2.09. The lowest BCUT2D eigenvalue weighted by molar-refractivity contribution is 0.876. The van der Waals surface area contributed by atoms with Crippen molar-refractivity contribution in [2.75, 3.05) is 10.6 Å². The van der Waals surface area contributed by atoms with E-state index in [1.165, 1.54) is 0 Å². The number of hydrogen-bond donors (Lipinski definition) is 2. The molecule has 1 heterocycles. The molecule has 0 fully saturated rings. The number of halogens is 1. The highest BCUT2D eigenvalue weighted by molar-refractivity contribution is 9.10. The van der Waals surface area contributed by atoms with E-state index in [4.69, 9.17) is 0 Å². The molecule has 2 aromatic carbocycles. The fraction of sp³-hybridized carbons (Fsp3) is 0.158. The molecule has 0 aliphatic rings. The van der Waals surface area contributed by atoms with Crippen molar-refractivity contribution in [1.82, 2.24) is 9.97 Å². The summed E-state index contributed by atoms with van der Waals surface area (Å²) in [5, 5.41) is 6.64. The van der Waals surface area contributed by atoms with Crippen molar-refractivity contribution in [3.05, 3.63) is 65.1 Å². The van der Waals surface area contributed by atoms with Crippen molar-refractivity contribution in [3.63, 3.8) is 0 Å². The quantitative estimate of drug-likeness (QED) is 0.614. The van der Waals surface area contributed by atoms with E-state index in [0.29, 0.717) is 5.95 Å². The number of nitrogens with one attached hydrogen (secondary N) is 2. The first-order chi connectivity index (χ1) is 11.6. The summed E-state index contributed by atoms with van der Waals surface area (Å²) in [4.78, 5) is 9.22. The first kappa shape index (κ1) is 16.5. The smallest absolute Gasteiger partial charge is 0.225 e. The van der Waals surface area contributed by atoms with Crippen molar-refractivity contribution >= 4 is 33.4 Å². The van der Waals surface area contributed by atoms with Gasteiger partial charge in [0, 0.05) is 22.1 Å². The average molecular weight is 383 g/mol. The highest BCUT2D eigenvalue weighted by atomic mass is 79.9. The van der Waals surface area contributed by atoms with Gasteiger partial charge in [-0.1, -0.05) is 42.5 Å². The highest BCUT2D eigenvalue weighted by Crippen LogP contribution is 2.27. The third kappa shape index (κ3) is 4.11. The zero-order valence-electron chi connectivity index (χ0n) is 13.6. The van der Waals surface area contributed by atoms with E-state index in [0.717, 1.165) is 27.2 Å². The minimum absolute atomic E-state index is 0.257. The molecule has 0 radical (unpaired) electrons. The Labute approximate surface area is 150 Å². The monoisotopic (exact) mass is 382 g/mol. The Morgan fingerprint density at radius 3 is 2.33 bits per heavy atom. The molecule has 5 heteroatoms.